The minimum Gasteiger partial charge on any atom is -0.508 e. The predicted octanol–water partition coefficient (Wildman–Crippen LogP) is 4.58. The maximum Gasteiger partial charge on any atom is 0.137 e. The van der Waals surface area contributed by atoms with Crippen molar-refractivity contribution < 1.29 is 5.11 Å². The Morgan fingerprint density at radius 1 is 0.917 bits per heavy atom. The van der Waals surface area contributed by atoms with E-state index in [0.29, 0.717) is 0 Å². The Hall–Kier alpha value is -2.88. The molecule has 120 valence electrons. The normalized spacial score (nSPS) is 12.1. The highest BCUT2D eigenvalue weighted by molar-refractivity contribution is 6.09. The molecular formula is C20H19N3O. The first-order chi connectivity index (χ1) is 11.4. The number of hydrogen-bond donors (Lipinski definition) is 1. The molecular weight excluding hydrogens is 298 g/mol. The van der Waals surface area contributed by atoms with Crippen molar-refractivity contribution in [2.45, 2.75) is 26.2 Å². The van der Waals surface area contributed by atoms with Crippen LogP contribution in [0.1, 0.15) is 26.3 Å². The number of fused-ring (bicyclic) bond motifs is 3. The van der Waals surface area contributed by atoms with E-state index in [1.54, 1.807) is 18.3 Å². The van der Waals surface area contributed by atoms with Gasteiger partial charge in [-0.1, -0.05) is 20.8 Å². The van der Waals surface area contributed by atoms with Gasteiger partial charge in [0.05, 0.1) is 11.0 Å². The summed E-state index contributed by atoms with van der Waals surface area (Å²) in [5.41, 5.74) is 3.22. The Morgan fingerprint density at radius 2 is 1.75 bits per heavy atom. The SMILES string of the molecule is CC(C)(C)c1ccnc(-n2c3ccncc3c3ccc(O)cc32)c1. The molecule has 1 N–H and O–H groups in total. The van der Waals surface area contributed by atoms with E-state index in [-0.39, 0.29) is 11.2 Å². The van der Waals surface area contributed by atoms with Gasteiger partial charge in [-0.05, 0) is 41.3 Å². The average molecular weight is 317 g/mol. The number of nitrogens with zero attached hydrogens (tertiary/aromatic N) is 3. The number of rotatable bonds is 1. The molecule has 0 radical (unpaired) electrons. The highest BCUT2D eigenvalue weighted by Crippen LogP contribution is 2.33. The Morgan fingerprint density at radius 3 is 2.54 bits per heavy atom. The Kier molecular flexibility index (Phi) is 3.10. The molecule has 4 aromatic rings. The standard InChI is InChI=1S/C20H19N3O/c1-20(2,3)13-6-9-22-19(10-13)23-17-7-8-21-12-16(17)15-5-4-14(24)11-18(15)23/h4-12,24H,1-3H3. The molecule has 3 heterocycles. The molecule has 0 atom stereocenters. The lowest BCUT2D eigenvalue weighted by Gasteiger charge is -2.19. The van der Waals surface area contributed by atoms with Crippen LogP contribution in [0.4, 0.5) is 0 Å². The number of pyridine rings is 2. The van der Waals surface area contributed by atoms with Gasteiger partial charge in [-0.25, -0.2) is 4.98 Å². The molecule has 1 aromatic carbocycles. The van der Waals surface area contributed by atoms with Crippen molar-refractivity contribution in [2.24, 2.45) is 0 Å². The summed E-state index contributed by atoms with van der Waals surface area (Å²) < 4.78 is 2.08. The number of phenolic OH excluding ortho intramolecular Hbond substituents is 1. The third-order valence-electron chi connectivity index (χ3n) is 4.39. The lowest BCUT2D eigenvalue weighted by atomic mass is 9.88. The Balaban J connectivity index is 2.10. The van der Waals surface area contributed by atoms with E-state index >= 15 is 0 Å². The number of aromatic hydroxyl groups is 1. The first-order valence-corrected chi connectivity index (χ1v) is 7.99. The van der Waals surface area contributed by atoms with Gasteiger partial charge in [0.25, 0.3) is 0 Å². The van der Waals surface area contributed by atoms with Crippen LogP contribution < -0.4 is 0 Å². The molecule has 0 aliphatic rings. The third kappa shape index (κ3) is 2.22. The summed E-state index contributed by atoms with van der Waals surface area (Å²) in [6, 6.07) is 11.6. The molecule has 0 spiro atoms. The molecule has 0 saturated heterocycles. The quantitative estimate of drug-likeness (QED) is 0.559. The fourth-order valence-corrected chi connectivity index (χ4v) is 3.11. The minimum atomic E-state index is 0.0418. The Bertz CT molecular complexity index is 1060. The lowest BCUT2D eigenvalue weighted by Crippen LogP contribution is -2.12. The van der Waals surface area contributed by atoms with Gasteiger partial charge in [0.15, 0.2) is 0 Å². The zero-order valence-corrected chi connectivity index (χ0v) is 14.0. The second-order valence-electron chi connectivity index (χ2n) is 7.08. The largest absolute Gasteiger partial charge is 0.508 e. The van der Waals surface area contributed by atoms with E-state index in [9.17, 15) is 5.11 Å². The van der Waals surface area contributed by atoms with Gasteiger partial charge in [0.2, 0.25) is 0 Å². The second kappa shape index (κ2) is 5.06. The van der Waals surface area contributed by atoms with Crippen molar-refractivity contribution in [3.05, 3.63) is 60.6 Å². The highest BCUT2D eigenvalue weighted by Gasteiger charge is 2.17. The molecule has 24 heavy (non-hydrogen) atoms. The monoisotopic (exact) mass is 317 g/mol. The van der Waals surface area contributed by atoms with Gasteiger partial charge in [-0.15, -0.1) is 0 Å². The van der Waals surface area contributed by atoms with Gasteiger partial charge in [0, 0.05) is 35.4 Å². The molecule has 0 bridgehead atoms. The smallest absolute Gasteiger partial charge is 0.137 e. The van der Waals surface area contributed by atoms with Crippen LogP contribution in [-0.4, -0.2) is 19.6 Å². The number of phenols is 1. The maximum atomic E-state index is 9.96. The van der Waals surface area contributed by atoms with Crippen molar-refractivity contribution >= 4 is 21.8 Å². The molecule has 4 nitrogen and oxygen atoms in total. The first-order valence-electron chi connectivity index (χ1n) is 7.99. The van der Waals surface area contributed by atoms with Crippen LogP contribution in [-0.2, 0) is 5.41 Å². The molecule has 3 aromatic heterocycles. The van der Waals surface area contributed by atoms with Crippen molar-refractivity contribution in [2.75, 3.05) is 0 Å². The molecule has 0 aliphatic carbocycles. The summed E-state index contributed by atoms with van der Waals surface area (Å²) in [4.78, 5) is 8.84. The summed E-state index contributed by atoms with van der Waals surface area (Å²) in [6.45, 7) is 6.56. The van der Waals surface area contributed by atoms with Gasteiger partial charge < -0.3 is 5.11 Å². The average Bonchev–Trinajstić information content (AvgIpc) is 2.87. The third-order valence-corrected chi connectivity index (χ3v) is 4.39. The van der Waals surface area contributed by atoms with E-state index in [1.807, 2.05) is 24.5 Å². The number of aromatic nitrogens is 3. The van der Waals surface area contributed by atoms with Crippen molar-refractivity contribution in [1.29, 1.82) is 0 Å². The van der Waals surface area contributed by atoms with Crippen LogP contribution in [0.2, 0.25) is 0 Å². The summed E-state index contributed by atoms with van der Waals surface area (Å²) in [7, 11) is 0. The fourth-order valence-electron chi connectivity index (χ4n) is 3.11. The van der Waals surface area contributed by atoms with E-state index in [2.05, 4.69) is 47.4 Å². The fraction of sp³-hybridized carbons (Fsp3) is 0.200. The topological polar surface area (TPSA) is 50.9 Å². The maximum absolute atomic E-state index is 9.96. The van der Waals surface area contributed by atoms with E-state index in [0.717, 1.165) is 27.6 Å². The van der Waals surface area contributed by atoms with Crippen LogP contribution in [0, 0.1) is 0 Å². The molecule has 0 amide bonds. The van der Waals surface area contributed by atoms with Crippen LogP contribution in [0.25, 0.3) is 27.6 Å². The van der Waals surface area contributed by atoms with Gasteiger partial charge in [-0.2, -0.15) is 0 Å². The number of benzene rings is 1. The molecule has 4 rings (SSSR count). The molecule has 0 fully saturated rings. The van der Waals surface area contributed by atoms with Crippen LogP contribution in [0.5, 0.6) is 5.75 Å². The lowest BCUT2D eigenvalue weighted by molar-refractivity contribution is 0.476. The first kappa shape index (κ1) is 14.7. The van der Waals surface area contributed by atoms with E-state index in [1.165, 1.54) is 5.56 Å². The van der Waals surface area contributed by atoms with Crippen LogP contribution in [0.15, 0.2) is 55.0 Å². The predicted molar refractivity (Wildman–Crippen MR) is 96.7 cm³/mol. The minimum absolute atomic E-state index is 0.0418. The van der Waals surface area contributed by atoms with Crippen molar-refractivity contribution in [1.82, 2.24) is 14.5 Å². The van der Waals surface area contributed by atoms with Crippen molar-refractivity contribution in [3.63, 3.8) is 0 Å². The summed E-state index contributed by atoms with van der Waals surface area (Å²) in [5.74, 6) is 1.09. The highest BCUT2D eigenvalue weighted by atomic mass is 16.3. The second-order valence-corrected chi connectivity index (χ2v) is 7.08. The summed E-state index contributed by atoms with van der Waals surface area (Å²) in [6.07, 6.45) is 5.49. The van der Waals surface area contributed by atoms with Crippen LogP contribution >= 0.6 is 0 Å². The zero-order chi connectivity index (χ0) is 16.9. The van der Waals surface area contributed by atoms with E-state index < -0.39 is 0 Å². The molecule has 4 heteroatoms. The van der Waals surface area contributed by atoms with Crippen LogP contribution in [0.3, 0.4) is 0 Å². The zero-order valence-electron chi connectivity index (χ0n) is 14.0. The van der Waals surface area contributed by atoms with Gasteiger partial charge in [-0.3, -0.25) is 9.55 Å². The van der Waals surface area contributed by atoms with Crippen molar-refractivity contribution in [3.8, 4) is 11.6 Å². The molecule has 0 saturated carbocycles. The van der Waals surface area contributed by atoms with E-state index in [4.69, 9.17) is 0 Å². The summed E-state index contributed by atoms with van der Waals surface area (Å²) in [5, 5.41) is 12.1. The Labute approximate surface area is 140 Å². The molecule has 0 aliphatic heterocycles. The summed E-state index contributed by atoms with van der Waals surface area (Å²) >= 11 is 0. The van der Waals surface area contributed by atoms with Gasteiger partial charge >= 0.3 is 0 Å². The number of hydrogen-bond acceptors (Lipinski definition) is 3. The molecule has 0 unspecified atom stereocenters. The van der Waals surface area contributed by atoms with Gasteiger partial charge in [0.1, 0.15) is 11.6 Å².